The molecule has 0 saturated carbocycles. The zero-order valence-electron chi connectivity index (χ0n) is 5.71. The Kier molecular flexibility index (Phi) is 5.72. The molecule has 0 aromatic heterocycles. The number of nitrogens with two attached hydrogens (primary N) is 2. The van der Waals surface area contributed by atoms with E-state index in [4.69, 9.17) is 15.3 Å². The van der Waals surface area contributed by atoms with Crippen molar-refractivity contribution in [3.05, 3.63) is 30.3 Å². The predicted molar refractivity (Wildman–Crippen MR) is 31.1 cm³/mol. The summed E-state index contributed by atoms with van der Waals surface area (Å²) in [6.07, 6.45) is 0. The van der Waals surface area contributed by atoms with E-state index < -0.39 is 28.7 Å². The number of hydrogen-bond acceptors (Lipinski definition) is 8. The third kappa shape index (κ3) is 6.96. The SMILES string of the molecule is O=[N+]([O-])O.[NH2][Pd]([NH2])([N+](=O)[O-])[N+](=O)[O-]. The maximum absolute atomic E-state index is 9.64. The van der Waals surface area contributed by atoms with Crippen LogP contribution in [0, 0.1) is 30.3 Å². The first kappa shape index (κ1) is 14.1. The molecule has 0 rings (SSSR count). The van der Waals surface area contributed by atoms with E-state index >= 15 is 0 Å². The minimum atomic E-state index is -4.52. The van der Waals surface area contributed by atoms with Gasteiger partial charge in [0.25, 0.3) is 5.09 Å². The molecule has 0 aliphatic heterocycles. The van der Waals surface area contributed by atoms with Gasteiger partial charge in [-0.15, -0.1) is 10.1 Å². The molecule has 82 valence electrons. The molecular weight excluding hydrogens is 288 g/mol. The van der Waals surface area contributed by atoms with E-state index in [0.717, 1.165) is 0 Å². The van der Waals surface area contributed by atoms with Gasteiger partial charge in [0.05, 0.1) is 0 Å². The summed E-state index contributed by atoms with van der Waals surface area (Å²) in [5.74, 6) is 0. The van der Waals surface area contributed by atoms with Crippen LogP contribution in [-0.2, 0) is 16.5 Å². The molecule has 0 heterocycles. The van der Waals surface area contributed by atoms with Crippen molar-refractivity contribution in [3.8, 4) is 0 Å². The van der Waals surface area contributed by atoms with Crippen molar-refractivity contribution in [2.24, 2.45) is 8.73 Å². The van der Waals surface area contributed by atoms with E-state index in [2.05, 4.69) is 8.73 Å². The van der Waals surface area contributed by atoms with Gasteiger partial charge in [0.15, 0.2) is 0 Å². The molecule has 0 bridgehead atoms. The first-order chi connectivity index (χ1) is 5.62. The van der Waals surface area contributed by atoms with Crippen LogP contribution in [0.3, 0.4) is 0 Å². The van der Waals surface area contributed by atoms with Gasteiger partial charge < -0.3 is 5.21 Å². The van der Waals surface area contributed by atoms with Crippen LogP contribution in [0.1, 0.15) is 0 Å². The van der Waals surface area contributed by atoms with E-state index in [1.807, 2.05) is 0 Å². The summed E-state index contributed by atoms with van der Waals surface area (Å²) in [6.45, 7) is 0. The molecule has 12 nitrogen and oxygen atoms in total. The Morgan fingerprint density at radius 2 is 1.15 bits per heavy atom. The molecule has 0 aliphatic carbocycles. The fraction of sp³-hybridized carbons (Fsp3) is 0. The van der Waals surface area contributed by atoms with Crippen molar-refractivity contribution in [1.82, 2.24) is 0 Å². The van der Waals surface area contributed by atoms with E-state index in [-0.39, 0.29) is 0 Å². The van der Waals surface area contributed by atoms with Crippen molar-refractivity contribution in [3.63, 3.8) is 0 Å². The van der Waals surface area contributed by atoms with Crippen LogP contribution in [-0.4, -0.2) is 17.4 Å². The van der Waals surface area contributed by atoms with Gasteiger partial charge in [-0.2, -0.15) is 0 Å². The summed E-state index contributed by atoms with van der Waals surface area (Å²) >= 11 is -4.52. The number of nitrogens with zero attached hydrogens (tertiary/aromatic N) is 3. The average molecular weight is 293 g/mol. The first-order valence-electron chi connectivity index (χ1n) is 1.94. The van der Waals surface area contributed by atoms with Crippen LogP contribution in [0.4, 0.5) is 0 Å². The standard InChI is InChI=1S/HNO3.2NO2.2H2N.Pd/c2-1(3)4;2*2-1-3;;;/h(H,2,3,4);;;2*1H2;/q;;;2*-1;+2. The van der Waals surface area contributed by atoms with Crippen molar-refractivity contribution in [1.29, 1.82) is 0 Å². The monoisotopic (exact) mass is 293 g/mol. The molecule has 0 unspecified atom stereocenters. The fourth-order valence-electron chi connectivity index (χ4n) is 0.0422. The molecule has 13 heteroatoms. The van der Waals surface area contributed by atoms with Crippen molar-refractivity contribution in [2.75, 3.05) is 0 Å². The number of nitro groups is 2. The van der Waals surface area contributed by atoms with Gasteiger partial charge in [0.1, 0.15) is 0 Å². The van der Waals surface area contributed by atoms with Crippen LogP contribution in [0.25, 0.3) is 0 Å². The second-order valence-corrected chi connectivity index (χ2v) is 4.68. The average Bonchev–Trinajstić information content (AvgIpc) is 1.85. The Morgan fingerprint density at radius 3 is 1.15 bits per heavy atom. The molecule has 0 fully saturated rings. The maximum atomic E-state index is 9.64. The fourth-order valence-corrected chi connectivity index (χ4v) is 0.249. The molecule has 5 N–H and O–H groups in total. The van der Waals surface area contributed by atoms with Crippen LogP contribution in [0.5, 0.6) is 0 Å². The van der Waals surface area contributed by atoms with E-state index in [9.17, 15) is 20.2 Å². The molecule has 0 saturated heterocycles. The zero-order chi connectivity index (χ0) is 11.2. The summed E-state index contributed by atoms with van der Waals surface area (Å²) < 4.78 is 6.60. The Morgan fingerprint density at radius 1 is 1.00 bits per heavy atom. The van der Waals surface area contributed by atoms with Crippen LogP contribution in [0.15, 0.2) is 0 Å². The van der Waals surface area contributed by atoms with Gasteiger partial charge in [-0.25, -0.2) is 0 Å². The zero-order valence-corrected chi connectivity index (χ0v) is 7.26. The van der Waals surface area contributed by atoms with Crippen molar-refractivity contribution in [2.45, 2.75) is 0 Å². The molecule has 13 heavy (non-hydrogen) atoms. The Balaban J connectivity index is 0. The van der Waals surface area contributed by atoms with Gasteiger partial charge in [0.2, 0.25) is 0 Å². The second-order valence-electron chi connectivity index (χ2n) is 1.11. The van der Waals surface area contributed by atoms with Gasteiger partial charge in [-0.05, 0) is 0 Å². The quantitative estimate of drug-likeness (QED) is 0.290. The summed E-state index contributed by atoms with van der Waals surface area (Å²) in [4.78, 5) is 27.6. The first-order valence-corrected chi connectivity index (χ1v) is 5.13. The van der Waals surface area contributed by atoms with E-state index in [0.29, 0.717) is 0 Å². The number of rotatable bonds is 2. The van der Waals surface area contributed by atoms with Gasteiger partial charge in [-0.1, -0.05) is 0 Å². The van der Waals surface area contributed by atoms with E-state index in [1.54, 1.807) is 0 Å². The summed E-state index contributed by atoms with van der Waals surface area (Å²) in [7, 11) is 0. The molecule has 0 aliphatic rings. The minimum absolute atomic E-state index is 1.23. The van der Waals surface area contributed by atoms with Crippen LogP contribution >= 0.6 is 0 Å². The van der Waals surface area contributed by atoms with Crippen molar-refractivity contribution < 1.29 is 33.9 Å². The van der Waals surface area contributed by atoms with Crippen LogP contribution < -0.4 is 8.73 Å². The topological polar surface area (TPSA) is 202 Å². The summed E-state index contributed by atoms with van der Waals surface area (Å²) in [5, 5.41) is 32.9. The molecule has 0 atom stereocenters. The number of hydrogen-bond donors (Lipinski definition) is 3. The third-order valence-electron chi connectivity index (χ3n) is 0.370. The molecule has 0 aromatic rings. The van der Waals surface area contributed by atoms with Gasteiger partial charge >= 0.3 is 52.6 Å². The Bertz CT molecular complexity index is 201. The Hall–Kier alpha value is -1.42. The van der Waals surface area contributed by atoms with Crippen LogP contribution in [0.2, 0.25) is 0 Å². The molecule has 0 spiro atoms. The van der Waals surface area contributed by atoms with Gasteiger partial charge in [0, 0.05) is 0 Å². The van der Waals surface area contributed by atoms with E-state index in [1.165, 1.54) is 0 Å². The second kappa shape index (κ2) is 5.27. The molecule has 0 aromatic carbocycles. The molecular formula is H5N5O7Pd. The van der Waals surface area contributed by atoms with Gasteiger partial charge in [-0.3, -0.25) is 0 Å². The summed E-state index contributed by atoms with van der Waals surface area (Å²) in [5.41, 5.74) is 0. The summed E-state index contributed by atoms with van der Waals surface area (Å²) in [6, 6.07) is 0. The van der Waals surface area contributed by atoms with Crippen molar-refractivity contribution >= 4 is 0 Å². The molecule has 0 amide bonds. The Labute approximate surface area is 73.7 Å². The third-order valence-corrected chi connectivity index (χ3v) is 2.19. The normalized spacial score (nSPS) is 10.6. The molecule has 0 radical (unpaired) electrons. The predicted octanol–water partition coefficient (Wildman–Crippen LogP) is -2.08.